The van der Waals surface area contributed by atoms with E-state index in [9.17, 15) is 0 Å². The summed E-state index contributed by atoms with van der Waals surface area (Å²) in [5, 5.41) is 0. The van der Waals surface area contributed by atoms with Crippen molar-refractivity contribution >= 4 is 0 Å². The van der Waals surface area contributed by atoms with Gasteiger partial charge in [-0.25, -0.2) is 0 Å². The predicted molar refractivity (Wildman–Crippen MR) is 97.4 cm³/mol. The van der Waals surface area contributed by atoms with Gasteiger partial charge < -0.3 is 0 Å². The third-order valence-corrected chi connectivity index (χ3v) is 4.74. The molecule has 0 amide bonds. The maximum Gasteiger partial charge on any atom is -0.0162 e. The molecule has 22 heavy (non-hydrogen) atoms. The predicted octanol–water partition coefficient (Wildman–Crippen LogP) is 6.93. The average molecular weight is 294 g/mol. The Labute approximate surface area is 136 Å². The van der Waals surface area contributed by atoms with Crippen LogP contribution in [-0.2, 0) is 0 Å². The first-order chi connectivity index (χ1) is 10.8. The minimum absolute atomic E-state index is 0.670. The summed E-state index contributed by atoms with van der Waals surface area (Å²) in [6, 6.07) is 22.0. The molecule has 2 aromatic carbocycles. The van der Waals surface area contributed by atoms with Gasteiger partial charge in [-0.3, -0.25) is 0 Å². The molecule has 0 aromatic heterocycles. The highest BCUT2D eigenvalue weighted by atomic mass is 14.2. The SMILES string of the molecule is CCCCC(CCCC(C)c1ccccc1)c1ccccc1. The lowest BCUT2D eigenvalue weighted by molar-refractivity contribution is 0.500. The zero-order chi connectivity index (χ0) is 15.6. The second kappa shape index (κ2) is 9.46. The van der Waals surface area contributed by atoms with Gasteiger partial charge in [0.2, 0.25) is 0 Å². The molecule has 2 aromatic rings. The van der Waals surface area contributed by atoms with Crippen LogP contribution < -0.4 is 0 Å². The zero-order valence-corrected chi connectivity index (χ0v) is 14.2. The Kier molecular flexibility index (Phi) is 7.22. The van der Waals surface area contributed by atoms with Gasteiger partial charge in [0.25, 0.3) is 0 Å². The fourth-order valence-electron chi connectivity index (χ4n) is 3.27. The first kappa shape index (κ1) is 16.8. The van der Waals surface area contributed by atoms with Crippen LogP contribution in [0.2, 0.25) is 0 Å². The summed E-state index contributed by atoms with van der Waals surface area (Å²) in [7, 11) is 0. The third kappa shape index (κ3) is 5.33. The topological polar surface area (TPSA) is 0 Å². The monoisotopic (exact) mass is 294 g/mol. The first-order valence-corrected chi connectivity index (χ1v) is 8.91. The van der Waals surface area contributed by atoms with Crippen molar-refractivity contribution in [1.82, 2.24) is 0 Å². The summed E-state index contributed by atoms with van der Waals surface area (Å²) in [5.41, 5.74) is 3.01. The van der Waals surface area contributed by atoms with Crippen molar-refractivity contribution in [2.24, 2.45) is 0 Å². The van der Waals surface area contributed by atoms with E-state index >= 15 is 0 Å². The van der Waals surface area contributed by atoms with Crippen LogP contribution in [0.4, 0.5) is 0 Å². The summed E-state index contributed by atoms with van der Waals surface area (Å²) >= 11 is 0. The van der Waals surface area contributed by atoms with Crippen LogP contribution >= 0.6 is 0 Å². The molecule has 0 radical (unpaired) electrons. The number of rotatable bonds is 9. The molecule has 0 spiro atoms. The van der Waals surface area contributed by atoms with Gasteiger partial charge in [0.15, 0.2) is 0 Å². The lowest BCUT2D eigenvalue weighted by Gasteiger charge is -2.19. The van der Waals surface area contributed by atoms with E-state index in [1.807, 2.05) is 0 Å². The van der Waals surface area contributed by atoms with Crippen LogP contribution in [0.25, 0.3) is 0 Å². The Morgan fingerprint density at radius 3 is 1.82 bits per heavy atom. The van der Waals surface area contributed by atoms with E-state index in [0.717, 1.165) is 5.92 Å². The van der Waals surface area contributed by atoms with Crippen molar-refractivity contribution in [2.75, 3.05) is 0 Å². The Morgan fingerprint density at radius 2 is 1.23 bits per heavy atom. The van der Waals surface area contributed by atoms with Crippen LogP contribution in [0.1, 0.15) is 75.3 Å². The number of hydrogen-bond donors (Lipinski definition) is 0. The van der Waals surface area contributed by atoms with E-state index in [1.165, 1.54) is 49.7 Å². The second-order valence-corrected chi connectivity index (χ2v) is 6.49. The maximum absolute atomic E-state index is 2.36. The number of unbranched alkanes of at least 4 members (excludes halogenated alkanes) is 1. The van der Waals surface area contributed by atoms with Crippen LogP contribution in [0, 0.1) is 0 Å². The molecular formula is C22H30. The molecule has 2 unspecified atom stereocenters. The van der Waals surface area contributed by atoms with Gasteiger partial charge in [-0.2, -0.15) is 0 Å². The van der Waals surface area contributed by atoms with E-state index < -0.39 is 0 Å². The molecule has 0 saturated carbocycles. The van der Waals surface area contributed by atoms with Crippen LogP contribution in [0.5, 0.6) is 0 Å². The quantitative estimate of drug-likeness (QED) is 0.470. The van der Waals surface area contributed by atoms with Gasteiger partial charge in [-0.1, -0.05) is 93.8 Å². The molecule has 0 aliphatic rings. The van der Waals surface area contributed by atoms with E-state index in [-0.39, 0.29) is 0 Å². The summed E-state index contributed by atoms with van der Waals surface area (Å²) in [6.45, 7) is 4.65. The Bertz CT molecular complexity index is 500. The molecular weight excluding hydrogens is 264 g/mol. The van der Waals surface area contributed by atoms with Crippen LogP contribution in [-0.4, -0.2) is 0 Å². The second-order valence-electron chi connectivity index (χ2n) is 6.49. The highest BCUT2D eigenvalue weighted by Crippen LogP contribution is 2.30. The minimum atomic E-state index is 0.670. The first-order valence-electron chi connectivity index (χ1n) is 8.91. The molecule has 0 fully saturated rings. The Morgan fingerprint density at radius 1 is 0.682 bits per heavy atom. The van der Waals surface area contributed by atoms with Crippen LogP contribution in [0.3, 0.4) is 0 Å². The summed E-state index contributed by atoms with van der Waals surface area (Å²) in [6.07, 6.45) is 7.90. The van der Waals surface area contributed by atoms with Gasteiger partial charge in [-0.05, 0) is 42.2 Å². The average Bonchev–Trinajstić information content (AvgIpc) is 2.59. The summed E-state index contributed by atoms with van der Waals surface area (Å²) < 4.78 is 0. The molecule has 0 aliphatic carbocycles. The fraction of sp³-hybridized carbons (Fsp3) is 0.455. The molecule has 0 aliphatic heterocycles. The van der Waals surface area contributed by atoms with Crippen molar-refractivity contribution in [3.05, 3.63) is 71.8 Å². The highest BCUT2D eigenvalue weighted by Gasteiger charge is 2.12. The molecule has 0 nitrogen and oxygen atoms in total. The van der Waals surface area contributed by atoms with Crippen LogP contribution in [0.15, 0.2) is 60.7 Å². The number of benzene rings is 2. The van der Waals surface area contributed by atoms with Crippen molar-refractivity contribution < 1.29 is 0 Å². The Hall–Kier alpha value is -1.56. The standard InChI is InChI=1S/C22H30/c1-3-4-13-21(22-16-9-6-10-17-22)18-11-12-19(2)20-14-7-5-8-15-20/h5-10,14-17,19,21H,3-4,11-13,18H2,1-2H3. The summed E-state index contributed by atoms with van der Waals surface area (Å²) in [4.78, 5) is 0. The van der Waals surface area contributed by atoms with Crippen molar-refractivity contribution in [2.45, 2.75) is 64.2 Å². The molecule has 2 rings (SSSR count). The molecule has 0 saturated heterocycles. The fourth-order valence-corrected chi connectivity index (χ4v) is 3.27. The molecule has 0 heteroatoms. The molecule has 0 N–H and O–H groups in total. The van der Waals surface area contributed by atoms with Gasteiger partial charge in [-0.15, -0.1) is 0 Å². The zero-order valence-electron chi connectivity index (χ0n) is 14.2. The van der Waals surface area contributed by atoms with Crippen molar-refractivity contribution in [3.63, 3.8) is 0 Å². The van der Waals surface area contributed by atoms with E-state index in [0.29, 0.717) is 5.92 Å². The normalized spacial score (nSPS) is 13.7. The molecule has 0 heterocycles. The van der Waals surface area contributed by atoms with Crippen molar-refractivity contribution in [1.29, 1.82) is 0 Å². The smallest absolute Gasteiger partial charge is 0.0162 e. The number of hydrogen-bond acceptors (Lipinski definition) is 0. The van der Waals surface area contributed by atoms with E-state index in [4.69, 9.17) is 0 Å². The van der Waals surface area contributed by atoms with Gasteiger partial charge in [0.1, 0.15) is 0 Å². The van der Waals surface area contributed by atoms with E-state index in [2.05, 4.69) is 74.5 Å². The van der Waals surface area contributed by atoms with Gasteiger partial charge >= 0.3 is 0 Å². The van der Waals surface area contributed by atoms with Gasteiger partial charge in [0.05, 0.1) is 0 Å². The molecule has 118 valence electrons. The Balaban J connectivity index is 1.86. The van der Waals surface area contributed by atoms with E-state index in [1.54, 1.807) is 0 Å². The molecule has 2 atom stereocenters. The lowest BCUT2D eigenvalue weighted by atomic mass is 9.87. The largest absolute Gasteiger partial charge is 0.0654 e. The third-order valence-electron chi connectivity index (χ3n) is 4.74. The maximum atomic E-state index is 2.36. The van der Waals surface area contributed by atoms with Crippen molar-refractivity contribution in [3.8, 4) is 0 Å². The summed E-state index contributed by atoms with van der Waals surface area (Å²) in [5.74, 6) is 1.41. The minimum Gasteiger partial charge on any atom is -0.0654 e. The van der Waals surface area contributed by atoms with Gasteiger partial charge in [0, 0.05) is 0 Å². The highest BCUT2D eigenvalue weighted by molar-refractivity contribution is 5.20. The molecule has 0 bridgehead atoms. The lowest BCUT2D eigenvalue weighted by Crippen LogP contribution is -2.01.